The van der Waals surface area contributed by atoms with Crippen molar-refractivity contribution in [2.24, 2.45) is 0 Å². The smallest absolute Gasteiger partial charge is 0.292 e. The Morgan fingerprint density at radius 1 is 1.56 bits per heavy atom. The fourth-order valence-electron chi connectivity index (χ4n) is 2.11. The summed E-state index contributed by atoms with van der Waals surface area (Å²) in [6.07, 6.45) is 2.65. The molecule has 2 rings (SSSR count). The van der Waals surface area contributed by atoms with Gasteiger partial charge in [-0.15, -0.1) is 0 Å². The summed E-state index contributed by atoms with van der Waals surface area (Å²) in [5.74, 6) is 0.551. The third-order valence-corrected chi connectivity index (χ3v) is 3.41. The van der Waals surface area contributed by atoms with E-state index in [-0.39, 0.29) is 12.3 Å². The second-order valence-electron chi connectivity index (χ2n) is 4.56. The Hall–Kier alpha value is -1.82. The van der Waals surface area contributed by atoms with E-state index >= 15 is 0 Å². The zero-order chi connectivity index (χ0) is 13.2. The molecule has 6 nitrogen and oxygen atoms in total. The topological polar surface area (TPSA) is 84.6 Å². The number of nitrogens with zero attached hydrogens (tertiary/aromatic N) is 1. The van der Waals surface area contributed by atoms with Gasteiger partial charge in [0.1, 0.15) is 11.4 Å². The number of benzene rings is 1. The number of methoxy groups -OCH3 is 1. The molecule has 0 atom stereocenters. The minimum absolute atomic E-state index is 0.00414. The molecule has 2 N–H and O–H groups in total. The summed E-state index contributed by atoms with van der Waals surface area (Å²) < 4.78 is 5.06. The minimum atomic E-state index is -0.439. The van der Waals surface area contributed by atoms with Crippen LogP contribution in [0.4, 0.5) is 11.4 Å². The van der Waals surface area contributed by atoms with Crippen LogP contribution < -0.4 is 10.1 Å². The lowest BCUT2D eigenvalue weighted by molar-refractivity contribution is -0.384. The molecule has 0 radical (unpaired) electrons. The Labute approximate surface area is 105 Å². The van der Waals surface area contributed by atoms with E-state index in [1.807, 2.05) is 0 Å². The van der Waals surface area contributed by atoms with Crippen molar-refractivity contribution < 1.29 is 14.8 Å². The SMILES string of the molecule is COc1ccc([N+](=O)[O-])c(NC2(CO)CCC2)c1. The maximum atomic E-state index is 11.0. The Kier molecular flexibility index (Phi) is 3.38. The van der Waals surface area contributed by atoms with Gasteiger partial charge in [0.25, 0.3) is 5.69 Å². The Balaban J connectivity index is 2.31. The van der Waals surface area contributed by atoms with Crippen LogP contribution in [0.3, 0.4) is 0 Å². The van der Waals surface area contributed by atoms with Crippen LogP contribution in [0.1, 0.15) is 19.3 Å². The van der Waals surface area contributed by atoms with Crippen LogP contribution in [0.15, 0.2) is 18.2 Å². The second-order valence-corrected chi connectivity index (χ2v) is 4.56. The summed E-state index contributed by atoms with van der Waals surface area (Å²) in [6.45, 7) is -0.0264. The normalized spacial score (nSPS) is 16.8. The molecule has 6 heteroatoms. The molecule has 0 amide bonds. The van der Waals surface area contributed by atoms with Gasteiger partial charge < -0.3 is 15.2 Å². The highest BCUT2D eigenvalue weighted by Gasteiger charge is 2.37. The maximum absolute atomic E-state index is 11.0. The van der Waals surface area contributed by atoms with Gasteiger partial charge in [-0.2, -0.15) is 0 Å². The van der Waals surface area contributed by atoms with Gasteiger partial charge in [0.15, 0.2) is 0 Å². The van der Waals surface area contributed by atoms with Crippen LogP contribution in [-0.4, -0.2) is 29.3 Å². The number of ether oxygens (including phenoxy) is 1. The molecule has 0 saturated heterocycles. The van der Waals surface area contributed by atoms with Crippen molar-refractivity contribution >= 4 is 11.4 Å². The number of hydrogen-bond donors (Lipinski definition) is 2. The molecule has 0 unspecified atom stereocenters. The van der Waals surface area contributed by atoms with E-state index in [2.05, 4.69) is 5.32 Å². The van der Waals surface area contributed by atoms with Gasteiger partial charge in [-0.05, 0) is 25.3 Å². The van der Waals surface area contributed by atoms with Crippen LogP contribution in [0, 0.1) is 10.1 Å². The molecular weight excluding hydrogens is 236 g/mol. The second kappa shape index (κ2) is 4.81. The molecule has 1 aliphatic rings. The zero-order valence-corrected chi connectivity index (χ0v) is 10.2. The van der Waals surface area contributed by atoms with Gasteiger partial charge in [0, 0.05) is 12.1 Å². The molecule has 0 aromatic heterocycles. The number of nitro benzene ring substituents is 1. The molecule has 1 aliphatic carbocycles. The van der Waals surface area contributed by atoms with Gasteiger partial charge in [-0.3, -0.25) is 10.1 Å². The van der Waals surface area contributed by atoms with Crippen molar-refractivity contribution in [1.29, 1.82) is 0 Å². The fourth-order valence-corrected chi connectivity index (χ4v) is 2.11. The minimum Gasteiger partial charge on any atom is -0.497 e. The molecule has 0 aliphatic heterocycles. The molecule has 98 valence electrons. The average molecular weight is 252 g/mol. The lowest BCUT2D eigenvalue weighted by Crippen LogP contribution is -2.48. The Bertz CT molecular complexity index is 452. The number of nitrogens with one attached hydrogen (secondary N) is 1. The number of nitro groups is 1. The van der Waals surface area contributed by atoms with Gasteiger partial charge in [0.2, 0.25) is 0 Å². The van der Waals surface area contributed by atoms with Gasteiger partial charge in [0.05, 0.1) is 24.2 Å². The van der Waals surface area contributed by atoms with E-state index in [1.54, 1.807) is 12.1 Å². The van der Waals surface area contributed by atoms with E-state index in [0.29, 0.717) is 11.4 Å². The summed E-state index contributed by atoms with van der Waals surface area (Å²) in [5, 5.41) is 23.4. The first-order valence-corrected chi connectivity index (χ1v) is 5.82. The van der Waals surface area contributed by atoms with Crippen molar-refractivity contribution in [2.75, 3.05) is 19.0 Å². The quantitative estimate of drug-likeness (QED) is 0.618. The van der Waals surface area contributed by atoms with Crippen molar-refractivity contribution in [3.05, 3.63) is 28.3 Å². The van der Waals surface area contributed by atoms with Crippen LogP contribution in [0.2, 0.25) is 0 Å². The molecule has 0 spiro atoms. The summed E-state index contributed by atoms with van der Waals surface area (Å²) in [5.41, 5.74) is -0.0273. The molecule has 0 bridgehead atoms. The van der Waals surface area contributed by atoms with Gasteiger partial charge in [-0.1, -0.05) is 0 Å². The van der Waals surface area contributed by atoms with Crippen molar-refractivity contribution in [3.63, 3.8) is 0 Å². The Morgan fingerprint density at radius 3 is 2.72 bits per heavy atom. The molecule has 18 heavy (non-hydrogen) atoms. The first-order chi connectivity index (χ1) is 8.60. The lowest BCUT2D eigenvalue weighted by atomic mass is 9.77. The third kappa shape index (κ3) is 2.24. The fraction of sp³-hybridized carbons (Fsp3) is 0.500. The predicted molar refractivity (Wildman–Crippen MR) is 66.9 cm³/mol. The zero-order valence-electron chi connectivity index (χ0n) is 10.2. The number of aliphatic hydroxyl groups excluding tert-OH is 1. The van der Waals surface area contributed by atoms with Crippen LogP contribution in [0.25, 0.3) is 0 Å². The highest BCUT2D eigenvalue weighted by Crippen LogP contribution is 2.38. The summed E-state index contributed by atoms with van der Waals surface area (Å²) in [4.78, 5) is 10.5. The third-order valence-electron chi connectivity index (χ3n) is 3.41. The highest BCUT2D eigenvalue weighted by atomic mass is 16.6. The Morgan fingerprint density at radius 2 is 2.28 bits per heavy atom. The van der Waals surface area contributed by atoms with Crippen molar-refractivity contribution in [3.8, 4) is 5.75 Å². The van der Waals surface area contributed by atoms with Gasteiger partial charge >= 0.3 is 0 Å². The van der Waals surface area contributed by atoms with E-state index < -0.39 is 10.5 Å². The number of aliphatic hydroxyl groups is 1. The molecule has 1 aromatic carbocycles. The number of rotatable bonds is 5. The van der Waals surface area contributed by atoms with E-state index in [1.165, 1.54) is 13.2 Å². The molecule has 1 aromatic rings. The lowest BCUT2D eigenvalue weighted by Gasteiger charge is -2.41. The van der Waals surface area contributed by atoms with Gasteiger partial charge in [-0.25, -0.2) is 0 Å². The van der Waals surface area contributed by atoms with Crippen LogP contribution >= 0.6 is 0 Å². The first kappa shape index (κ1) is 12.6. The summed E-state index contributed by atoms with van der Waals surface area (Å²) in [7, 11) is 1.51. The summed E-state index contributed by atoms with van der Waals surface area (Å²) >= 11 is 0. The van der Waals surface area contributed by atoms with E-state index in [4.69, 9.17) is 4.74 Å². The average Bonchev–Trinajstić information content (AvgIpc) is 2.33. The molecule has 1 fully saturated rings. The molecule has 0 heterocycles. The highest BCUT2D eigenvalue weighted by molar-refractivity contribution is 5.65. The summed E-state index contributed by atoms with van der Waals surface area (Å²) in [6, 6.07) is 4.55. The molecular formula is C12H16N2O4. The van der Waals surface area contributed by atoms with Crippen molar-refractivity contribution in [1.82, 2.24) is 0 Å². The standard InChI is InChI=1S/C12H16N2O4/c1-18-9-3-4-11(14(16)17)10(7-9)13-12(8-15)5-2-6-12/h3-4,7,13,15H,2,5-6,8H2,1H3. The van der Waals surface area contributed by atoms with E-state index in [9.17, 15) is 15.2 Å². The van der Waals surface area contributed by atoms with E-state index in [0.717, 1.165) is 19.3 Å². The van der Waals surface area contributed by atoms with Crippen LogP contribution in [-0.2, 0) is 0 Å². The first-order valence-electron chi connectivity index (χ1n) is 5.82. The number of anilines is 1. The largest absolute Gasteiger partial charge is 0.497 e. The van der Waals surface area contributed by atoms with Crippen LogP contribution in [0.5, 0.6) is 5.75 Å². The predicted octanol–water partition coefficient (Wildman–Crippen LogP) is 1.93. The van der Waals surface area contributed by atoms with Crippen molar-refractivity contribution in [2.45, 2.75) is 24.8 Å². The number of hydrogen-bond acceptors (Lipinski definition) is 5. The maximum Gasteiger partial charge on any atom is 0.292 e. The monoisotopic (exact) mass is 252 g/mol. The molecule has 1 saturated carbocycles.